The van der Waals surface area contributed by atoms with Gasteiger partial charge in [0.25, 0.3) is 0 Å². The van der Waals surface area contributed by atoms with E-state index in [0.717, 1.165) is 38.9 Å². The lowest BCUT2D eigenvalue weighted by Gasteiger charge is -2.28. The fraction of sp³-hybridized carbons (Fsp3) is 0.875. The lowest BCUT2D eigenvalue weighted by molar-refractivity contribution is -0.141. The molecule has 3 N–H and O–H groups in total. The summed E-state index contributed by atoms with van der Waals surface area (Å²) in [5.41, 5.74) is 0. The molecule has 8 nitrogen and oxygen atoms in total. The fourth-order valence-corrected chi connectivity index (χ4v) is 3.96. The Morgan fingerprint density at radius 3 is 2.19 bits per heavy atom. The molecular weight excluding hydrogens is 410 g/mol. The summed E-state index contributed by atoms with van der Waals surface area (Å²) in [7, 11) is 0. The minimum Gasteiger partial charge on any atom is -0.481 e. The number of amides is 2. The number of carbonyl (C=O) groups excluding carboxylic acids is 2. The van der Waals surface area contributed by atoms with E-state index >= 15 is 0 Å². The number of unbranched alkanes of at least 4 members (excludes halogenated alkanes) is 6. The van der Waals surface area contributed by atoms with Crippen molar-refractivity contribution in [2.75, 3.05) is 39.4 Å². The molecule has 0 aromatic rings. The molecule has 8 heteroatoms. The van der Waals surface area contributed by atoms with Crippen LogP contribution < -0.4 is 10.6 Å². The molecule has 186 valence electrons. The quantitative estimate of drug-likeness (QED) is 0.291. The Labute approximate surface area is 193 Å². The Kier molecular flexibility index (Phi) is 15.0. The van der Waals surface area contributed by atoms with E-state index in [1.807, 2.05) is 13.8 Å². The fourth-order valence-electron chi connectivity index (χ4n) is 3.96. The Balaban J connectivity index is 2.48. The molecule has 2 atom stereocenters. The van der Waals surface area contributed by atoms with Crippen molar-refractivity contribution in [2.45, 2.75) is 84.6 Å². The highest BCUT2D eigenvalue weighted by Gasteiger charge is 2.28. The first-order valence-electron chi connectivity index (χ1n) is 12.4. The van der Waals surface area contributed by atoms with Gasteiger partial charge in [-0.05, 0) is 12.3 Å². The molecular formula is C24H45N3O5. The number of carboxylic acids is 1. The summed E-state index contributed by atoms with van der Waals surface area (Å²) >= 11 is 0. The molecule has 0 radical (unpaired) electrons. The molecule has 2 amide bonds. The van der Waals surface area contributed by atoms with Gasteiger partial charge in [0.2, 0.25) is 11.8 Å². The number of nitrogens with one attached hydrogen (secondary N) is 2. The molecule has 0 saturated carbocycles. The van der Waals surface area contributed by atoms with E-state index in [1.165, 1.54) is 25.7 Å². The van der Waals surface area contributed by atoms with E-state index in [2.05, 4.69) is 22.5 Å². The van der Waals surface area contributed by atoms with Crippen LogP contribution in [0.2, 0.25) is 0 Å². The van der Waals surface area contributed by atoms with Gasteiger partial charge in [0.15, 0.2) is 0 Å². The predicted molar refractivity (Wildman–Crippen MR) is 125 cm³/mol. The maximum atomic E-state index is 12.8. The summed E-state index contributed by atoms with van der Waals surface area (Å²) in [4.78, 5) is 39.1. The van der Waals surface area contributed by atoms with E-state index in [-0.39, 0.29) is 24.2 Å². The molecule has 0 aliphatic carbocycles. The monoisotopic (exact) mass is 455 g/mol. The maximum absolute atomic E-state index is 12.8. The molecule has 1 saturated heterocycles. The van der Waals surface area contributed by atoms with Gasteiger partial charge in [0.05, 0.1) is 19.6 Å². The Hall–Kier alpha value is -1.67. The van der Waals surface area contributed by atoms with Crippen LogP contribution in [0, 0.1) is 11.8 Å². The first-order valence-corrected chi connectivity index (χ1v) is 12.4. The van der Waals surface area contributed by atoms with Crippen LogP contribution in [0.25, 0.3) is 0 Å². The summed E-state index contributed by atoms with van der Waals surface area (Å²) in [6.45, 7) is 10.3. The van der Waals surface area contributed by atoms with Crippen molar-refractivity contribution in [3.8, 4) is 0 Å². The molecule has 32 heavy (non-hydrogen) atoms. The number of hydrogen-bond donors (Lipinski definition) is 3. The van der Waals surface area contributed by atoms with Crippen LogP contribution in [0.1, 0.15) is 78.6 Å². The van der Waals surface area contributed by atoms with Gasteiger partial charge in [-0.15, -0.1) is 0 Å². The van der Waals surface area contributed by atoms with E-state index < -0.39 is 17.9 Å². The molecule has 1 heterocycles. The molecule has 0 aromatic carbocycles. The molecule has 1 aliphatic heterocycles. The number of hydrogen-bond acceptors (Lipinski definition) is 5. The summed E-state index contributed by atoms with van der Waals surface area (Å²) in [6, 6.07) is -0.669. The molecule has 1 fully saturated rings. The topological polar surface area (TPSA) is 108 Å². The third-order valence-electron chi connectivity index (χ3n) is 6.03. The van der Waals surface area contributed by atoms with E-state index in [9.17, 15) is 19.5 Å². The second-order valence-electron chi connectivity index (χ2n) is 9.18. The highest BCUT2D eigenvalue weighted by atomic mass is 16.5. The summed E-state index contributed by atoms with van der Waals surface area (Å²) < 4.78 is 5.33. The minimum absolute atomic E-state index is 0.0913. The third kappa shape index (κ3) is 12.4. The number of morpholine rings is 1. The Bertz CT molecular complexity index is 550. The van der Waals surface area contributed by atoms with Crippen LogP contribution in [-0.2, 0) is 19.1 Å². The van der Waals surface area contributed by atoms with Crippen LogP contribution in [-0.4, -0.2) is 73.2 Å². The van der Waals surface area contributed by atoms with Gasteiger partial charge in [-0.25, -0.2) is 0 Å². The lowest BCUT2D eigenvalue weighted by Crippen LogP contribution is -2.52. The average molecular weight is 456 g/mol. The maximum Gasteiger partial charge on any atom is 0.304 e. The van der Waals surface area contributed by atoms with Crippen LogP contribution in [0.4, 0.5) is 0 Å². The molecule has 1 aliphatic rings. The van der Waals surface area contributed by atoms with Gasteiger partial charge in [-0.3, -0.25) is 19.3 Å². The number of nitrogens with zero attached hydrogens (tertiary/aromatic N) is 1. The number of rotatable bonds is 17. The SMILES string of the molecule is CCCCCCCCC[C@@H](CC(=O)O)C(=O)N[C@@H](C(=O)NCCN1CCOCC1)C(C)C. The predicted octanol–water partition coefficient (Wildman–Crippen LogP) is 2.81. The van der Waals surface area contributed by atoms with Crippen LogP contribution in [0.15, 0.2) is 0 Å². The smallest absolute Gasteiger partial charge is 0.304 e. The number of carboxylic acid groups (broad SMARTS) is 1. The van der Waals surface area contributed by atoms with Gasteiger partial charge in [-0.2, -0.15) is 0 Å². The zero-order chi connectivity index (χ0) is 23.8. The highest BCUT2D eigenvalue weighted by molar-refractivity contribution is 5.90. The van der Waals surface area contributed by atoms with Crippen molar-refractivity contribution >= 4 is 17.8 Å². The van der Waals surface area contributed by atoms with Crippen LogP contribution >= 0.6 is 0 Å². The molecule has 0 spiro atoms. The van der Waals surface area contributed by atoms with Gasteiger partial charge >= 0.3 is 5.97 Å². The van der Waals surface area contributed by atoms with Crippen molar-refractivity contribution in [1.29, 1.82) is 0 Å². The molecule has 0 aromatic heterocycles. The van der Waals surface area contributed by atoms with E-state index in [4.69, 9.17) is 4.74 Å². The zero-order valence-electron chi connectivity index (χ0n) is 20.4. The standard InChI is InChI=1S/C24H45N3O5/c1-4-5-6-7-8-9-10-11-20(18-21(28)29)23(30)26-22(19(2)3)24(31)25-12-13-27-14-16-32-17-15-27/h19-20,22H,4-18H2,1-3H3,(H,25,31)(H,26,30)(H,28,29)/t20-,22+/m0/s1. The van der Waals surface area contributed by atoms with Crippen molar-refractivity contribution in [3.63, 3.8) is 0 Å². The van der Waals surface area contributed by atoms with Gasteiger partial charge in [0, 0.05) is 32.1 Å². The van der Waals surface area contributed by atoms with Crippen molar-refractivity contribution in [3.05, 3.63) is 0 Å². The van der Waals surface area contributed by atoms with E-state index in [1.54, 1.807) is 0 Å². The second kappa shape index (κ2) is 16.9. The first kappa shape index (κ1) is 28.4. The second-order valence-corrected chi connectivity index (χ2v) is 9.18. The summed E-state index contributed by atoms with van der Waals surface area (Å²) in [5.74, 6) is -2.23. The summed E-state index contributed by atoms with van der Waals surface area (Å²) in [6.07, 6.45) is 8.14. The molecule has 0 bridgehead atoms. The number of ether oxygens (including phenoxy) is 1. The first-order chi connectivity index (χ1) is 15.3. The van der Waals surface area contributed by atoms with Crippen LogP contribution in [0.3, 0.4) is 0 Å². The normalized spacial score (nSPS) is 16.5. The average Bonchev–Trinajstić information content (AvgIpc) is 2.76. The number of carbonyl (C=O) groups is 3. The lowest BCUT2D eigenvalue weighted by atomic mass is 9.94. The Morgan fingerprint density at radius 1 is 0.969 bits per heavy atom. The van der Waals surface area contributed by atoms with Gasteiger partial charge in [-0.1, -0.05) is 65.7 Å². The van der Waals surface area contributed by atoms with Crippen molar-refractivity contribution in [2.24, 2.45) is 11.8 Å². The highest BCUT2D eigenvalue weighted by Crippen LogP contribution is 2.17. The van der Waals surface area contributed by atoms with E-state index in [0.29, 0.717) is 26.2 Å². The van der Waals surface area contributed by atoms with Crippen molar-refractivity contribution < 1.29 is 24.2 Å². The summed E-state index contributed by atoms with van der Waals surface area (Å²) in [5, 5.41) is 15.0. The third-order valence-corrected chi connectivity index (χ3v) is 6.03. The molecule has 0 unspecified atom stereocenters. The molecule has 1 rings (SSSR count). The van der Waals surface area contributed by atoms with Crippen molar-refractivity contribution in [1.82, 2.24) is 15.5 Å². The minimum atomic E-state index is -0.982. The Morgan fingerprint density at radius 2 is 1.59 bits per heavy atom. The van der Waals surface area contributed by atoms with Crippen LogP contribution in [0.5, 0.6) is 0 Å². The van der Waals surface area contributed by atoms with Gasteiger partial charge in [0.1, 0.15) is 6.04 Å². The van der Waals surface area contributed by atoms with Gasteiger partial charge < -0.3 is 20.5 Å². The zero-order valence-corrected chi connectivity index (χ0v) is 20.4. The number of aliphatic carboxylic acids is 1. The largest absolute Gasteiger partial charge is 0.481 e.